The molecule has 1 aliphatic rings. The number of carbonyl (C=O) groups excluding carboxylic acids is 2. The van der Waals surface area contributed by atoms with E-state index in [0.717, 1.165) is 0 Å². The first-order valence-electron chi connectivity index (χ1n) is 7.97. The number of nitrogens with one attached hydrogen (secondary N) is 1. The predicted molar refractivity (Wildman–Crippen MR) is 95.3 cm³/mol. The highest BCUT2D eigenvalue weighted by Crippen LogP contribution is 2.23. The van der Waals surface area contributed by atoms with Gasteiger partial charge in [-0.1, -0.05) is 19.2 Å². The standard InChI is InChI=1S/C18H22N4O3/c1-5-7-14(12(3)25-4)15-9-16(20-11-19-15)21-18(24)13-8-17(23)22(6-2)10-13/h5,7,9,11,13H,1,3,6,8,10H2,2,4H3,(H,19,20,21,24)/b14-7+. The lowest BCUT2D eigenvalue weighted by Crippen LogP contribution is -2.28. The molecular weight excluding hydrogens is 320 g/mol. The maximum absolute atomic E-state index is 12.4. The first-order valence-corrected chi connectivity index (χ1v) is 7.97. The van der Waals surface area contributed by atoms with Crippen molar-refractivity contribution in [3.05, 3.63) is 49.2 Å². The van der Waals surface area contributed by atoms with E-state index in [-0.39, 0.29) is 24.2 Å². The number of anilines is 1. The molecule has 25 heavy (non-hydrogen) atoms. The van der Waals surface area contributed by atoms with Gasteiger partial charge in [-0.2, -0.15) is 0 Å². The first-order chi connectivity index (χ1) is 12.0. The van der Waals surface area contributed by atoms with Gasteiger partial charge in [0, 0.05) is 31.1 Å². The van der Waals surface area contributed by atoms with Crippen LogP contribution in [0.15, 0.2) is 43.5 Å². The number of amides is 2. The molecule has 1 atom stereocenters. The summed E-state index contributed by atoms with van der Waals surface area (Å²) in [5.74, 6) is 0.183. The number of rotatable bonds is 7. The van der Waals surface area contributed by atoms with Crippen LogP contribution in [0.4, 0.5) is 5.82 Å². The SMILES string of the molecule is C=C/C=C(\C(=C)OC)c1cc(NC(=O)C2CC(=O)N(CC)C2)ncn1. The summed E-state index contributed by atoms with van der Waals surface area (Å²) >= 11 is 0. The highest BCUT2D eigenvalue weighted by molar-refractivity contribution is 5.96. The van der Waals surface area contributed by atoms with Crippen molar-refractivity contribution in [2.75, 3.05) is 25.5 Å². The molecule has 1 saturated heterocycles. The van der Waals surface area contributed by atoms with Gasteiger partial charge in [0.2, 0.25) is 11.8 Å². The quantitative estimate of drug-likeness (QED) is 0.605. The van der Waals surface area contributed by atoms with E-state index in [2.05, 4.69) is 28.4 Å². The summed E-state index contributed by atoms with van der Waals surface area (Å²) in [7, 11) is 1.51. The highest BCUT2D eigenvalue weighted by atomic mass is 16.5. The number of nitrogens with zero attached hydrogens (tertiary/aromatic N) is 3. The number of aromatic nitrogens is 2. The number of hydrogen-bond acceptors (Lipinski definition) is 5. The smallest absolute Gasteiger partial charge is 0.230 e. The monoisotopic (exact) mass is 342 g/mol. The Morgan fingerprint density at radius 3 is 2.88 bits per heavy atom. The summed E-state index contributed by atoms with van der Waals surface area (Å²) in [5.41, 5.74) is 1.19. The third kappa shape index (κ3) is 4.32. The normalized spacial score (nSPS) is 17.4. The van der Waals surface area contributed by atoms with Gasteiger partial charge in [-0.15, -0.1) is 0 Å². The molecule has 7 heteroatoms. The van der Waals surface area contributed by atoms with Crippen molar-refractivity contribution in [2.24, 2.45) is 5.92 Å². The van der Waals surface area contributed by atoms with Crippen molar-refractivity contribution < 1.29 is 14.3 Å². The number of carbonyl (C=O) groups is 2. The first kappa shape index (κ1) is 18.4. The second-order valence-corrected chi connectivity index (χ2v) is 5.55. The van der Waals surface area contributed by atoms with Gasteiger partial charge in [-0.3, -0.25) is 9.59 Å². The Labute approximate surface area is 147 Å². The van der Waals surface area contributed by atoms with E-state index < -0.39 is 0 Å². The van der Waals surface area contributed by atoms with Crippen molar-refractivity contribution in [1.29, 1.82) is 0 Å². The fraction of sp³-hybridized carbons (Fsp3) is 0.333. The summed E-state index contributed by atoms with van der Waals surface area (Å²) in [6.07, 6.45) is 4.89. The van der Waals surface area contributed by atoms with Gasteiger partial charge in [0.05, 0.1) is 18.7 Å². The summed E-state index contributed by atoms with van der Waals surface area (Å²) in [4.78, 5) is 34.1. The largest absolute Gasteiger partial charge is 0.497 e. The molecule has 7 nitrogen and oxygen atoms in total. The fourth-order valence-corrected chi connectivity index (χ4v) is 2.60. The van der Waals surface area contributed by atoms with Crippen LogP contribution >= 0.6 is 0 Å². The molecule has 1 aromatic heterocycles. The van der Waals surface area contributed by atoms with Crippen LogP contribution in [0, 0.1) is 5.92 Å². The third-order valence-corrected chi connectivity index (χ3v) is 3.99. The van der Waals surface area contributed by atoms with Crippen molar-refractivity contribution in [3.63, 3.8) is 0 Å². The molecule has 1 N–H and O–H groups in total. The molecule has 1 aliphatic heterocycles. The lowest BCUT2D eigenvalue weighted by molar-refractivity contribution is -0.128. The molecule has 1 aromatic rings. The zero-order valence-electron chi connectivity index (χ0n) is 14.5. The molecule has 0 aromatic carbocycles. The summed E-state index contributed by atoms with van der Waals surface area (Å²) in [5, 5.41) is 2.75. The van der Waals surface area contributed by atoms with Crippen molar-refractivity contribution >= 4 is 23.2 Å². The lowest BCUT2D eigenvalue weighted by atomic mass is 10.1. The van der Waals surface area contributed by atoms with Gasteiger partial charge < -0.3 is 15.0 Å². The van der Waals surface area contributed by atoms with Crippen LogP contribution in [-0.4, -0.2) is 46.9 Å². The fourth-order valence-electron chi connectivity index (χ4n) is 2.60. The third-order valence-electron chi connectivity index (χ3n) is 3.99. The second kappa shape index (κ2) is 8.23. The molecule has 2 heterocycles. The summed E-state index contributed by atoms with van der Waals surface area (Å²) in [6.45, 7) is 10.4. The van der Waals surface area contributed by atoms with Crippen LogP contribution in [0.1, 0.15) is 19.0 Å². The average Bonchev–Trinajstić information content (AvgIpc) is 3.00. The Hall–Kier alpha value is -2.96. The van der Waals surface area contributed by atoms with Crippen LogP contribution < -0.4 is 5.32 Å². The Bertz CT molecular complexity index is 727. The predicted octanol–water partition coefficient (Wildman–Crippen LogP) is 2.01. The minimum absolute atomic E-state index is 0.00128. The van der Waals surface area contributed by atoms with Gasteiger partial charge in [0.1, 0.15) is 17.9 Å². The number of ether oxygens (including phenoxy) is 1. The molecule has 1 fully saturated rings. The van der Waals surface area contributed by atoms with E-state index in [1.165, 1.54) is 13.4 Å². The maximum atomic E-state index is 12.4. The number of methoxy groups -OCH3 is 1. The highest BCUT2D eigenvalue weighted by Gasteiger charge is 2.33. The van der Waals surface area contributed by atoms with Crippen LogP contribution in [0.5, 0.6) is 0 Å². The molecule has 132 valence electrons. The van der Waals surface area contributed by atoms with Gasteiger partial charge in [0.25, 0.3) is 0 Å². The number of hydrogen-bond donors (Lipinski definition) is 1. The Morgan fingerprint density at radius 1 is 1.52 bits per heavy atom. The van der Waals surface area contributed by atoms with Crippen LogP contribution in [0.2, 0.25) is 0 Å². The molecular formula is C18H22N4O3. The van der Waals surface area contributed by atoms with Gasteiger partial charge in [-0.05, 0) is 13.0 Å². The maximum Gasteiger partial charge on any atom is 0.230 e. The van der Waals surface area contributed by atoms with E-state index in [0.29, 0.717) is 35.9 Å². The Balaban J connectivity index is 2.15. The molecule has 0 bridgehead atoms. The van der Waals surface area contributed by atoms with Crippen LogP contribution in [-0.2, 0) is 14.3 Å². The molecule has 0 radical (unpaired) electrons. The van der Waals surface area contributed by atoms with Gasteiger partial charge in [-0.25, -0.2) is 9.97 Å². The van der Waals surface area contributed by atoms with E-state index >= 15 is 0 Å². The lowest BCUT2D eigenvalue weighted by Gasteiger charge is -2.14. The minimum Gasteiger partial charge on any atom is -0.497 e. The molecule has 1 unspecified atom stereocenters. The van der Waals surface area contributed by atoms with Gasteiger partial charge in [0.15, 0.2) is 0 Å². The molecule has 0 spiro atoms. The average molecular weight is 342 g/mol. The van der Waals surface area contributed by atoms with Crippen molar-refractivity contribution in [3.8, 4) is 0 Å². The van der Waals surface area contributed by atoms with E-state index in [1.807, 2.05) is 6.92 Å². The number of allylic oxidation sites excluding steroid dienone is 3. The Morgan fingerprint density at radius 2 is 2.28 bits per heavy atom. The number of likely N-dealkylation sites (tertiary alicyclic amines) is 1. The zero-order chi connectivity index (χ0) is 18.4. The second-order valence-electron chi connectivity index (χ2n) is 5.55. The molecule has 0 aliphatic carbocycles. The zero-order valence-corrected chi connectivity index (χ0v) is 14.5. The molecule has 2 rings (SSSR count). The van der Waals surface area contributed by atoms with Crippen molar-refractivity contribution in [1.82, 2.24) is 14.9 Å². The topological polar surface area (TPSA) is 84.4 Å². The van der Waals surface area contributed by atoms with E-state index in [9.17, 15) is 9.59 Å². The minimum atomic E-state index is -0.372. The molecule has 2 amide bonds. The van der Waals surface area contributed by atoms with Crippen molar-refractivity contribution in [2.45, 2.75) is 13.3 Å². The van der Waals surface area contributed by atoms with E-state index in [4.69, 9.17) is 4.74 Å². The summed E-state index contributed by atoms with van der Waals surface area (Å²) < 4.78 is 5.16. The van der Waals surface area contributed by atoms with E-state index in [1.54, 1.807) is 23.1 Å². The molecule has 0 saturated carbocycles. The Kier molecular flexibility index (Phi) is 6.05. The van der Waals surface area contributed by atoms with Crippen LogP contribution in [0.25, 0.3) is 5.57 Å². The van der Waals surface area contributed by atoms with Crippen LogP contribution in [0.3, 0.4) is 0 Å². The summed E-state index contributed by atoms with van der Waals surface area (Å²) in [6, 6.07) is 1.63. The van der Waals surface area contributed by atoms with Gasteiger partial charge >= 0.3 is 0 Å².